The smallest absolute Gasteiger partial charge is 0.238 e. The van der Waals surface area contributed by atoms with E-state index >= 15 is 0 Å². The lowest BCUT2D eigenvalue weighted by Crippen LogP contribution is -2.50. The minimum absolute atomic E-state index is 0.00422. The second kappa shape index (κ2) is 8.78. The SMILES string of the molecule is CCCS(=O)(=O)NC(C)C(=O)NC(C)C(CO)SC. The van der Waals surface area contributed by atoms with Gasteiger partial charge in [-0.25, -0.2) is 13.1 Å². The molecule has 0 aromatic heterocycles. The van der Waals surface area contributed by atoms with Crippen molar-refractivity contribution in [1.82, 2.24) is 10.0 Å². The van der Waals surface area contributed by atoms with Crippen LogP contribution in [0.5, 0.6) is 0 Å². The molecule has 0 spiro atoms. The number of sulfonamides is 1. The molecule has 0 aliphatic carbocycles. The van der Waals surface area contributed by atoms with Gasteiger partial charge in [0.2, 0.25) is 15.9 Å². The van der Waals surface area contributed by atoms with Crippen molar-refractivity contribution in [2.75, 3.05) is 18.6 Å². The van der Waals surface area contributed by atoms with E-state index in [4.69, 9.17) is 5.11 Å². The fraction of sp³-hybridized carbons (Fsp3) is 0.909. The molecule has 0 radical (unpaired) electrons. The molecule has 0 bridgehead atoms. The molecule has 19 heavy (non-hydrogen) atoms. The second-order valence-corrected chi connectivity index (χ2v) is 7.36. The van der Waals surface area contributed by atoms with Gasteiger partial charge in [0.25, 0.3) is 0 Å². The first-order valence-electron chi connectivity index (χ1n) is 6.21. The van der Waals surface area contributed by atoms with E-state index in [1.165, 1.54) is 18.7 Å². The van der Waals surface area contributed by atoms with Crippen LogP contribution in [0.4, 0.5) is 0 Å². The van der Waals surface area contributed by atoms with Crippen molar-refractivity contribution in [3.8, 4) is 0 Å². The van der Waals surface area contributed by atoms with E-state index in [0.29, 0.717) is 6.42 Å². The molecule has 114 valence electrons. The molecule has 0 aliphatic heterocycles. The summed E-state index contributed by atoms with van der Waals surface area (Å²) in [6, 6.07) is -1.05. The average molecular weight is 312 g/mol. The van der Waals surface area contributed by atoms with Crippen molar-refractivity contribution >= 4 is 27.7 Å². The van der Waals surface area contributed by atoms with Crippen molar-refractivity contribution < 1.29 is 18.3 Å². The molecule has 0 rings (SSSR count). The van der Waals surface area contributed by atoms with Gasteiger partial charge in [-0.15, -0.1) is 0 Å². The Balaban J connectivity index is 4.43. The lowest BCUT2D eigenvalue weighted by Gasteiger charge is -2.23. The summed E-state index contributed by atoms with van der Waals surface area (Å²) in [6.45, 7) is 5.00. The van der Waals surface area contributed by atoms with Crippen molar-refractivity contribution in [3.63, 3.8) is 0 Å². The number of hydrogen-bond acceptors (Lipinski definition) is 5. The molecule has 6 nitrogen and oxygen atoms in total. The fourth-order valence-electron chi connectivity index (χ4n) is 1.53. The van der Waals surface area contributed by atoms with Gasteiger partial charge in [0, 0.05) is 11.3 Å². The van der Waals surface area contributed by atoms with Crippen LogP contribution in [0.1, 0.15) is 27.2 Å². The van der Waals surface area contributed by atoms with Crippen molar-refractivity contribution in [2.45, 2.75) is 44.5 Å². The number of rotatable bonds is 9. The number of carbonyl (C=O) groups excluding carboxylic acids is 1. The van der Waals surface area contributed by atoms with Crippen LogP contribution in [0, 0.1) is 0 Å². The van der Waals surface area contributed by atoms with Crippen LogP contribution in [-0.2, 0) is 14.8 Å². The standard InChI is InChI=1S/C11H24N2O4S2/c1-5-6-19(16,17)13-9(3)11(15)12-8(2)10(7-14)18-4/h8-10,13-14H,5-7H2,1-4H3,(H,12,15). The highest BCUT2D eigenvalue weighted by Crippen LogP contribution is 2.10. The molecule has 3 atom stereocenters. The molecule has 0 aromatic rings. The Labute approximate surface area is 119 Å². The van der Waals surface area contributed by atoms with E-state index < -0.39 is 16.1 Å². The molecular formula is C11H24N2O4S2. The van der Waals surface area contributed by atoms with E-state index in [1.807, 2.05) is 6.26 Å². The molecule has 0 heterocycles. The Morgan fingerprint density at radius 3 is 2.37 bits per heavy atom. The normalized spacial score (nSPS) is 16.7. The number of amides is 1. The Bertz CT molecular complexity index is 369. The summed E-state index contributed by atoms with van der Waals surface area (Å²) in [5.74, 6) is -0.385. The van der Waals surface area contributed by atoms with E-state index in [0.717, 1.165) is 0 Å². The van der Waals surface area contributed by atoms with Gasteiger partial charge >= 0.3 is 0 Å². The van der Waals surface area contributed by atoms with Gasteiger partial charge in [0.15, 0.2) is 0 Å². The van der Waals surface area contributed by atoms with E-state index in [-0.39, 0.29) is 29.6 Å². The Morgan fingerprint density at radius 2 is 1.95 bits per heavy atom. The topological polar surface area (TPSA) is 95.5 Å². The summed E-state index contributed by atoms with van der Waals surface area (Å²) < 4.78 is 25.4. The van der Waals surface area contributed by atoms with Crippen LogP contribution in [0.3, 0.4) is 0 Å². The molecule has 0 saturated carbocycles. The zero-order valence-corrected chi connectivity index (χ0v) is 13.5. The first-order chi connectivity index (χ1) is 8.77. The van der Waals surface area contributed by atoms with Gasteiger partial charge < -0.3 is 10.4 Å². The van der Waals surface area contributed by atoms with Crippen LogP contribution in [0.2, 0.25) is 0 Å². The summed E-state index contributed by atoms with van der Waals surface area (Å²) in [5, 5.41) is 11.7. The second-order valence-electron chi connectivity index (χ2n) is 4.41. The quantitative estimate of drug-likeness (QED) is 0.554. The number of thioether (sulfide) groups is 1. The van der Waals surface area contributed by atoms with Gasteiger partial charge in [-0.3, -0.25) is 4.79 Å². The number of hydrogen-bond donors (Lipinski definition) is 3. The first-order valence-corrected chi connectivity index (χ1v) is 9.15. The molecule has 0 fully saturated rings. The van der Waals surface area contributed by atoms with Crippen LogP contribution in [0.25, 0.3) is 0 Å². The van der Waals surface area contributed by atoms with Crippen LogP contribution in [0.15, 0.2) is 0 Å². The third-order valence-electron chi connectivity index (χ3n) is 2.63. The van der Waals surface area contributed by atoms with Crippen LogP contribution >= 0.6 is 11.8 Å². The van der Waals surface area contributed by atoms with Gasteiger partial charge in [0.1, 0.15) is 0 Å². The van der Waals surface area contributed by atoms with E-state index in [2.05, 4.69) is 10.0 Å². The van der Waals surface area contributed by atoms with Crippen LogP contribution < -0.4 is 10.0 Å². The van der Waals surface area contributed by atoms with Gasteiger partial charge in [-0.2, -0.15) is 11.8 Å². The molecule has 0 aromatic carbocycles. The zero-order chi connectivity index (χ0) is 15.1. The summed E-state index contributed by atoms with van der Waals surface area (Å²) in [7, 11) is -3.41. The first kappa shape index (κ1) is 18.7. The van der Waals surface area contributed by atoms with Crippen molar-refractivity contribution in [3.05, 3.63) is 0 Å². The van der Waals surface area contributed by atoms with Crippen LogP contribution in [-0.4, -0.2) is 55.4 Å². The average Bonchev–Trinajstić information content (AvgIpc) is 2.29. The predicted molar refractivity (Wildman–Crippen MR) is 78.7 cm³/mol. The third-order valence-corrected chi connectivity index (χ3v) is 5.45. The predicted octanol–water partition coefficient (Wildman–Crippen LogP) is -0.0671. The molecule has 0 aliphatic rings. The lowest BCUT2D eigenvalue weighted by molar-refractivity contribution is -0.122. The summed E-state index contributed by atoms with van der Waals surface area (Å²) in [6.07, 6.45) is 2.34. The van der Waals surface area contributed by atoms with Crippen molar-refractivity contribution in [2.24, 2.45) is 0 Å². The minimum atomic E-state index is -3.41. The minimum Gasteiger partial charge on any atom is -0.395 e. The van der Waals surface area contributed by atoms with Gasteiger partial charge in [-0.05, 0) is 26.5 Å². The summed E-state index contributed by atoms with van der Waals surface area (Å²) >= 11 is 1.45. The number of carbonyl (C=O) groups is 1. The molecule has 3 unspecified atom stereocenters. The highest BCUT2D eigenvalue weighted by Gasteiger charge is 2.23. The Morgan fingerprint density at radius 1 is 1.37 bits per heavy atom. The molecule has 3 N–H and O–H groups in total. The molecule has 1 amide bonds. The molecule has 8 heteroatoms. The number of aliphatic hydroxyl groups is 1. The van der Waals surface area contributed by atoms with Crippen molar-refractivity contribution in [1.29, 1.82) is 0 Å². The lowest BCUT2D eigenvalue weighted by atomic mass is 10.2. The molecular weight excluding hydrogens is 288 g/mol. The Hall–Kier alpha value is -0.310. The summed E-state index contributed by atoms with van der Waals surface area (Å²) in [5.41, 5.74) is 0. The maximum absolute atomic E-state index is 11.8. The highest BCUT2D eigenvalue weighted by molar-refractivity contribution is 7.99. The molecule has 0 saturated heterocycles. The fourth-order valence-corrected chi connectivity index (χ4v) is 3.46. The Kier molecular flexibility index (Phi) is 8.64. The third kappa shape index (κ3) is 7.14. The zero-order valence-electron chi connectivity index (χ0n) is 11.8. The maximum atomic E-state index is 11.8. The number of nitrogens with one attached hydrogen (secondary N) is 2. The maximum Gasteiger partial charge on any atom is 0.238 e. The van der Waals surface area contributed by atoms with E-state index in [9.17, 15) is 13.2 Å². The highest BCUT2D eigenvalue weighted by atomic mass is 32.2. The summed E-state index contributed by atoms with van der Waals surface area (Å²) in [4.78, 5) is 11.8. The van der Waals surface area contributed by atoms with Gasteiger partial charge in [0.05, 0.1) is 18.4 Å². The van der Waals surface area contributed by atoms with E-state index in [1.54, 1.807) is 13.8 Å². The van der Waals surface area contributed by atoms with Gasteiger partial charge in [-0.1, -0.05) is 6.92 Å². The largest absolute Gasteiger partial charge is 0.395 e. The monoisotopic (exact) mass is 312 g/mol. The number of aliphatic hydroxyl groups excluding tert-OH is 1.